The molecule has 1 amide bonds. The number of benzene rings is 1. The van der Waals surface area contributed by atoms with Gasteiger partial charge in [0.1, 0.15) is 30.4 Å². The van der Waals surface area contributed by atoms with Gasteiger partial charge in [0.05, 0.1) is 6.21 Å². The predicted octanol–water partition coefficient (Wildman–Crippen LogP) is 4.00. The van der Waals surface area contributed by atoms with Crippen molar-refractivity contribution in [3.63, 3.8) is 0 Å². The highest BCUT2D eigenvalue weighted by atomic mass is 19.4. The molecule has 0 atom stereocenters. The van der Waals surface area contributed by atoms with E-state index in [-0.39, 0.29) is 18.1 Å². The number of aryl methyl sites for hydroxylation is 1. The van der Waals surface area contributed by atoms with Gasteiger partial charge in [-0.05, 0) is 49.2 Å². The predicted molar refractivity (Wildman–Crippen MR) is 102 cm³/mol. The summed E-state index contributed by atoms with van der Waals surface area (Å²) in [7, 11) is 0. The van der Waals surface area contributed by atoms with Gasteiger partial charge in [0.25, 0.3) is 0 Å². The zero-order valence-electron chi connectivity index (χ0n) is 16.2. The van der Waals surface area contributed by atoms with Crippen LogP contribution in [0.25, 0.3) is 0 Å². The highest BCUT2D eigenvalue weighted by Crippen LogP contribution is 2.22. The van der Waals surface area contributed by atoms with E-state index in [4.69, 9.17) is 9.15 Å². The van der Waals surface area contributed by atoms with Gasteiger partial charge in [-0.2, -0.15) is 23.4 Å². The number of nitrogens with one attached hydrogen (secondary N) is 1. The smallest absolute Gasteiger partial charge is 0.408 e. The second-order valence-electron chi connectivity index (χ2n) is 6.51. The average Bonchev–Trinajstić information content (AvgIpc) is 3.31. The molecular weight excluding hydrogens is 401 g/mol. The summed E-state index contributed by atoms with van der Waals surface area (Å²) in [6.07, 6.45) is -2.06. The highest BCUT2D eigenvalue weighted by Gasteiger charge is 2.28. The van der Waals surface area contributed by atoms with Crippen LogP contribution < -0.4 is 10.2 Å². The van der Waals surface area contributed by atoms with E-state index in [1.807, 2.05) is 32.0 Å². The Balaban J connectivity index is 1.52. The summed E-state index contributed by atoms with van der Waals surface area (Å²) in [6.45, 7) is 2.89. The lowest BCUT2D eigenvalue weighted by Crippen LogP contribution is -2.18. The van der Waals surface area contributed by atoms with Gasteiger partial charge in [-0.25, -0.2) is 5.43 Å². The number of rotatable bonds is 7. The lowest BCUT2D eigenvalue weighted by molar-refractivity contribution is -0.142. The lowest BCUT2D eigenvalue weighted by atomic mass is 10.1. The molecule has 0 aliphatic carbocycles. The van der Waals surface area contributed by atoms with E-state index in [0.717, 1.165) is 27.8 Å². The zero-order chi connectivity index (χ0) is 21.7. The van der Waals surface area contributed by atoms with Crippen molar-refractivity contribution in [2.24, 2.45) is 5.10 Å². The van der Waals surface area contributed by atoms with Crippen LogP contribution >= 0.6 is 0 Å². The summed E-state index contributed by atoms with van der Waals surface area (Å²) in [4.78, 5) is 12.1. The number of carbonyl (C=O) groups excluding carboxylic acids is 1. The Kier molecular flexibility index (Phi) is 6.24. The van der Waals surface area contributed by atoms with Crippen LogP contribution in [-0.2, 0) is 13.2 Å². The van der Waals surface area contributed by atoms with Crippen LogP contribution in [-0.4, -0.2) is 28.1 Å². The van der Waals surface area contributed by atoms with Gasteiger partial charge in [-0.1, -0.05) is 12.1 Å². The summed E-state index contributed by atoms with van der Waals surface area (Å²) in [5.41, 5.74) is 4.53. The molecule has 0 aliphatic rings. The number of aromatic nitrogens is 2. The maximum atomic E-state index is 12.3. The Hall–Kier alpha value is -3.56. The Bertz CT molecular complexity index is 1050. The van der Waals surface area contributed by atoms with E-state index in [1.165, 1.54) is 18.3 Å². The number of ether oxygens (including phenoxy) is 1. The minimum atomic E-state index is -4.37. The van der Waals surface area contributed by atoms with Crippen molar-refractivity contribution >= 4 is 12.1 Å². The van der Waals surface area contributed by atoms with Crippen LogP contribution in [0.15, 0.2) is 52.1 Å². The summed E-state index contributed by atoms with van der Waals surface area (Å²) in [5, 5.41) is 7.37. The molecule has 0 bridgehead atoms. The van der Waals surface area contributed by atoms with E-state index in [1.54, 1.807) is 6.07 Å². The monoisotopic (exact) mass is 420 g/mol. The van der Waals surface area contributed by atoms with Crippen molar-refractivity contribution in [2.75, 3.05) is 0 Å². The fourth-order valence-electron chi connectivity index (χ4n) is 2.54. The second kappa shape index (κ2) is 8.85. The Labute approximate surface area is 170 Å². The Morgan fingerprint density at radius 1 is 1.27 bits per heavy atom. The maximum absolute atomic E-state index is 12.3. The number of furan rings is 1. The fraction of sp³-hybridized carbons (Fsp3) is 0.250. The molecule has 0 saturated carbocycles. The molecule has 30 heavy (non-hydrogen) atoms. The molecule has 0 fully saturated rings. The summed E-state index contributed by atoms with van der Waals surface area (Å²) < 4.78 is 48.9. The summed E-state index contributed by atoms with van der Waals surface area (Å²) >= 11 is 0. The third-order valence-corrected chi connectivity index (χ3v) is 4.18. The first kappa shape index (κ1) is 21.2. The van der Waals surface area contributed by atoms with Crippen molar-refractivity contribution in [3.8, 4) is 5.75 Å². The number of amides is 1. The molecule has 0 saturated heterocycles. The van der Waals surface area contributed by atoms with Crippen molar-refractivity contribution in [1.82, 2.24) is 15.2 Å². The molecular formula is C20H19F3N4O3. The van der Waals surface area contributed by atoms with Crippen LogP contribution in [0.4, 0.5) is 13.2 Å². The molecule has 0 unspecified atom stereocenters. The number of alkyl halides is 3. The third-order valence-electron chi connectivity index (χ3n) is 4.18. The van der Waals surface area contributed by atoms with Crippen molar-refractivity contribution in [2.45, 2.75) is 33.2 Å². The van der Waals surface area contributed by atoms with E-state index in [0.29, 0.717) is 5.76 Å². The molecule has 2 aromatic heterocycles. The van der Waals surface area contributed by atoms with Crippen molar-refractivity contribution in [1.29, 1.82) is 0 Å². The highest BCUT2D eigenvalue weighted by molar-refractivity contribution is 5.92. The lowest BCUT2D eigenvalue weighted by Gasteiger charge is -2.09. The number of hydrogen-bond donors (Lipinski definition) is 1. The van der Waals surface area contributed by atoms with Gasteiger partial charge in [0, 0.05) is 6.20 Å². The number of carbonyl (C=O) groups is 1. The Morgan fingerprint density at radius 2 is 2.07 bits per heavy atom. The number of halogens is 3. The normalized spacial score (nSPS) is 11.8. The fourth-order valence-corrected chi connectivity index (χ4v) is 2.54. The summed E-state index contributed by atoms with van der Waals surface area (Å²) in [5.74, 6) is 0.594. The van der Waals surface area contributed by atoms with Gasteiger partial charge in [0.2, 0.25) is 0 Å². The maximum Gasteiger partial charge on any atom is 0.408 e. The molecule has 1 N–H and O–H groups in total. The van der Waals surface area contributed by atoms with Gasteiger partial charge < -0.3 is 9.15 Å². The van der Waals surface area contributed by atoms with E-state index in [2.05, 4.69) is 15.6 Å². The minimum absolute atomic E-state index is 0.0225. The molecule has 10 heteroatoms. The van der Waals surface area contributed by atoms with Crippen LogP contribution in [0.2, 0.25) is 0 Å². The van der Waals surface area contributed by atoms with Gasteiger partial charge in [-0.3, -0.25) is 9.48 Å². The zero-order valence-corrected chi connectivity index (χ0v) is 16.2. The van der Waals surface area contributed by atoms with Gasteiger partial charge >= 0.3 is 12.1 Å². The first-order chi connectivity index (χ1) is 14.2. The quantitative estimate of drug-likeness (QED) is 0.463. The molecule has 158 valence electrons. The Morgan fingerprint density at radius 3 is 2.83 bits per heavy atom. The van der Waals surface area contributed by atoms with Crippen LogP contribution in [0.3, 0.4) is 0 Å². The number of hydrogen-bond acceptors (Lipinski definition) is 5. The van der Waals surface area contributed by atoms with Crippen LogP contribution in [0.1, 0.15) is 33.1 Å². The van der Waals surface area contributed by atoms with E-state index < -0.39 is 18.6 Å². The molecule has 1 aromatic carbocycles. The second-order valence-corrected chi connectivity index (χ2v) is 6.51. The molecule has 7 nitrogen and oxygen atoms in total. The minimum Gasteiger partial charge on any atom is -0.485 e. The van der Waals surface area contributed by atoms with Crippen molar-refractivity contribution < 1.29 is 27.1 Å². The first-order valence-corrected chi connectivity index (χ1v) is 8.92. The van der Waals surface area contributed by atoms with E-state index in [9.17, 15) is 18.0 Å². The average molecular weight is 420 g/mol. The molecule has 3 rings (SSSR count). The van der Waals surface area contributed by atoms with Gasteiger partial charge in [-0.15, -0.1) is 0 Å². The summed E-state index contributed by atoms with van der Waals surface area (Å²) in [6, 6.07) is 10.2. The largest absolute Gasteiger partial charge is 0.485 e. The van der Waals surface area contributed by atoms with Gasteiger partial charge in [0.15, 0.2) is 5.76 Å². The van der Waals surface area contributed by atoms with Crippen LogP contribution in [0, 0.1) is 13.8 Å². The standard InChI is InChI=1S/C20H19F3N4O3/c1-13-4-3-5-17(14(13)2)29-11-16-6-7-18(30-16)19(28)25-24-10-15-8-9-27(26-15)12-20(21,22)23/h3-10H,11-12H2,1-2H3,(H,25,28)/b24-10-. The SMILES string of the molecule is Cc1cccc(OCc2ccc(C(=O)N/N=C\c3ccn(CC(F)(F)F)n3)o2)c1C. The molecule has 2 heterocycles. The van der Waals surface area contributed by atoms with Crippen molar-refractivity contribution in [3.05, 3.63) is 70.9 Å². The number of nitrogens with zero attached hydrogens (tertiary/aromatic N) is 3. The number of hydrazone groups is 1. The first-order valence-electron chi connectivity index (χ1n) is 8.92. The topological polar surface area (TPSA) is 81.6 Å². The third kappa shape index (κ3) is 5.72. The molecule has 0 radical (unpaired) electrons. The van der Waals surface area contributed by atoms with Crippen LogP contribution in [0.5, 0.6) is 5.75 Å². The van der Waals surface area contributed by atoms with E-state index >= 15 is 0 Å². The molecule has 0 aliphatic heterocycles. The molecule has 0 spiro atoms. The molecule has 3 aromatic rings.